The minimum atomic E-state index is -0.346. The molecule has 1 heterocycles. The van der Waals surface area contributed by atoms with E-state index in [4.69, 9.17) is 17.4 Å². The van der Waals surface area contributed by atoms with Gasteiger partial charge in [-0.25, -0.2) is 4.39 Å². The van der Waals surface area contributed by atoms with Crippen LogP contribution in [-0.4, -0.2) is 9.78 Å². The van der Waals surface area contributed by atoms with E-state index in [1.54, 1.807) is 23.0 Å². The molecule has 0 bridgehead atoms. The fourth-order valence-corrected chi connectivity index (χ4v) is 2.36. The Labute approximate surface area is 116 Å². The highest BCUT2D eigenvalue weighted by molar-refractivity contribution is 6.31. The molecule has 1 aromatic carbocycles. The lowest BCUT2D eigenvalue weighted by atomic mass is 10.00. The van der Waals surface area contributed by atoms with Gasteiger partial charge in [0.25, 0.3) is 0 Å². The van der Waals surface area contributed by atoms with Gasteiger partial charge < -0.3 is 0 Å². The van der Waals surface area contributed by atoms with Crippen molar-refractivity contribution >= 4 is 11.6 Å². The summed E-state index contributed by atoms with van der Waals surface area (Å²) in [6.45, 7) is 0. The minimum Gasteiger partial charge on any atom is -0.276 e. The fraction of sp³-hybridized carbons (Fsp3) is 0.308. The Morgan fingerprint density at radius 2 is 2.32 bits per heavy atom. The zero-order valence-electron chi connectivity index (χ0n) is 10.6. The SMILES string of the molecule is Cn1cc(CCC(NN)c2c(F)cccc2Cl)cn1. The molecule has 0 amide bonds. The van der Waals surface area contributed by atoms with Gasteiger partial charge in [0.1, 0.15) is 5.82 Å². The zero-order chi connectivity index (χ0) is 13.8. The van der Waals surface area contributed by atoms with E-state index < -0.39 is 0 Å². The highest BCUT2D eigenvalue weighted by Gasteiger charge is 2.17. The summed E-state index contributed by atoms with van der Waals surface area (Å²) >= 11 is 6.04. The monoisotopic (exact) mass is 282 g/mol. The van der Waals surface area contributed by atoms with Crippen molar-refractivity contribution in [2.75, 3.05) is 0 Å². The predicted octanol–water partition coefficient (Wildman–Crippen LogP) is 2.35. The Balaban J connectivity index is 2.12. The van der Waals surface area contributed by atoms with Crippen LogP contribution in [0.2, 0.25) is 5.02 Å². The van der Waals surface area contributed by atoms with E-state index in [1.165, 1.54) is 6.07 Å². The van der Waals surface area contributed by atoms with E-state index >= 15 is 0 Å². The number of nitrogens with zero attached hydrogens (tertiary/aromatic N) is 2. The van der Waals surface area contributed by atoms with Gasteiger partial charge in [-0.15, -0.1) is 0 Å². The van der Waals surface area contributed by atoms with Crippen LogP contribution in [0, 0.1) is 5.82 Å². The van der Waals surface area contributed by atoms with E-state index in [2.05, 4.69) is 10.5 Å². The smallest absolute Gasteiger partial charge is 0.129 e. The zero-order valence-corrected chi connectivity index (χ0v) is 11.4. The van der Waals surface area contributed by atoms with Gasteiger partial charge in [-0.2, -0.15) is 5.10 Å². The van der Waals surface area contributed by atoms with E-state index in [0.717, 1.165) is 12.0 Å². The van der Waals surface area contributed by atoms with Crippen molar-refractivity contribution in [2.24, 2.45) is 12.9 Å². The molecule has 102 valence electrons. The van der Waals surface area contributed by atoms with E-state index in [9.17, 15) is 4.39 Å². The molecule has 2 rings (SSSR count). The maximum atomic E-state index is 13.8. The van der Waals surface area contributed by atoms with Gasteiger partial charge in [0, 0.05) is 23.8 Å². The average Bonchev–Trinajstić information content (AvgIpc) is 2.79. The van der Waals surface area contributed by atoms with E-state index in [1.807, 2.05) is 13.2 Å². The number of hydrogen-bond donors (Lipinski definition) is 2. The second-order valence-electron chi connectivity index (χ2n) is 4.42. The molecule has 0 aliphatic rings. The third-order valence-electron chi connectivity index (χ3n) is 3.03. The molecule has 0 saturated heterocycles. The van der Waals surface area contributed by atoms with Gasteiger partial charge in [0.15, 0.2) is 0 Å². The van der Waals surface area contributed by atoms with Gasteiger partial charge in [-0.1, -0.05) is 17.7 Å². The topological polar surface area (TPSA) is 55.9 Å². The number of aryl methyl sites for hydroxylation is 2. The van der Waals surface area contributed by atoms with Crippen LogP contribution in [0.1, 0.15) is 23.6 Å². The van der Waals surface area contributed by atoms with Crippen molar-refractivity contribution in [2.45, 2.75) is 18.9 Å². The molecule has 19 heavy (non-hydrogen) atoms. The van der Waals surface area contributed by atoms with Crippen LogP contribution in [0.5, 0.6) is 0 Å². The summed E-state index contributed by atoms with van der Waals surface area (Å²) in [5.41, 5.74) is 4.12. The molecule has 6 heteroatoms. The first-order valence-electron chi connectivity index (χ1n) is 5.99. The number of halogens is 2. The molecule has 0 radical (unpaired) electrons. The summed E-state index contributed by atoms with van der Waals surface area (Å²) in [4.78, 5) is 0. The van der Waals surface area contributed by atoms with Gasteiger partial charge in [-0.3, -0.25) is 16.0 Å². The molecule has 2 aromatic rings. The van der Waals surface area contributed by atoms with Crippen LogP contribution in [0.3, 0.4) is 0 Å². The Morgan fingerprint density at radius 1 is 1.53 bits per heavy atom. The Morgan fingerprint density at radius 3 is 2.89 bits per heavy atom. The predicted molar refractivity (Wildman–Crippen MR) is 73.0 cm³/mol. The van der Waals surface area contributed by atoms with E-state index in [-0.39, 0.29) is 11.9 Å². The van der Waals surface area contributed by atoms with Gasteiger partial charge >= 0.3 is 0 Å². The average molecular weight is 283 g/mol. The van der Waals surface area contributed by atoms with Crippen molar-refractivity contribution in [1.29, 1.82) is 0 Å². The Kier molecular flexibility index (Phi) is 4.52. The second kappa shape index (κ2) is 6.14. The first-order chi connectivity index (χ1) is 9.11. The van der Waals surface area contributed by atoms with Gasteiger partial charge in [0.2, 0.25) is 0 Å². The number of nitrogens with two attached hydrogens (primary N) is 1. The van der Waals surface area contributed by atoms with E-state index in [0.29, 0.717) is 17.0 Å². The van der Waals surface area contributed by atoms with Crippen LogP contribution >= 0.6 is 11.6 Å². The van der Waals surface area contributed by atoms with Crippen LogP contribution in [0.25, 0.3) is 0 Å². The molecular weight excluding hydrogens is 267 g/mol. The summed E-state index contributed by atoms with van der Waals surface area (Å²) < 4.78 is 15.6. The van der Waals surface area contributed by atoms with Crippen molar-refractivity contribution < 1.29 is 4.39 Å². The number of benzene rings is 1. The third-order valence-corrected chi connectivity index (χ3v) is 3.36. The molecule has 0 spiro atoms. The minimum absolute atomic E-state index is 0.325. The quantitative estimate of drug-likeness (QED) is 0.654. The summed E-state index contributed by atoms with van der Waals surface area (Å²) in [5.74, 6) is 5.17. The van der Waals surface area contributed by atoms with Gasteiger partial charge in [0.05, 0.1) is 12.2 Å². The number of aromatic nitrogens is 2. The third kappa shape index (κ3) is 3.32. The first kappa shape index (κ1) is 14.0. The molecule has 1 atom stereocenters. The van der Waals surface area contributed by atoms with Gasteiger partial charge in [-0.05, 0) is 30.5 Å². The van der Waals surface area contributed by atoms with Crippen LogP contribution in [-0.2, 0) is 13.5 Å². The molecule has 1 aromatic heterocycles. The number of nitrogens with one attached hydrogen (secondary N) is 1. The molecule has 4 nitrogen and oxygen atoms in total. The van der Waals surface area contributed by atoms with Crippen molar-refractivity contribution in [3.63, 3.8) is 0 Å². The molecule has 3 N–H and O–H groups in total. The molecule has 0 aliphatic carbocycles. The lowest BCUT2D eigenvalue weighted by Crippen LogP contribution is -2.29. The van der Waals surface area contributed by atoms with Crippen molar-refractivity contribution in [3.8, 4) is 0 Å². The fourth-order valence-electron chi connectivity index (χ4n) is 2.07. The highest BCUT2D eigenvalue weighted by atomic mass is 35.5. The van der Waals surface area contributed by atoms with Crippen LogP contribution in [0.15, 0.2) is 30.6 Å². The standard InChI is InChI=1S/C13H16ClFN4/c1-19-8-9(7-17-19)5-6-12(18-16)13-10(14)3-2-4-11(13)15/h2-4,7-8,12,18H,5-6,16H2,1H3. The molecule has 1 unspecified atom stereocenters. The Bertz CT molecular complexity index is 535. The molecule has 0 fully saturated rings. The van der Waals surface area contributed by atoms with Crippen LogP contribution in [0.4, 0.5) is 4.39 Å². The lowest BCUT2D eigenvalue weighted by Gasteiger charge is -2.18. The molecule has 0 saturated carbocycles. The number of rotatable bonds is 5. The maximum Gasteiger partial charge on any atom is 0.129 e. The molecule has 0 aliphatic heterocycles. The Hall–Kier alpha value is -1.43. The highest BCUT2D eigenvalue weighted by Crippen LogP contribution is 2.28. The van der Waals surface area contributed by atoms with Crippen molar-refractivity contribution in [1.82, 2.24) is 15.2 Å². The first-order valence-corrected chi connectivity index (χ1v) is 6.37. The normalized spacial score (nSPS) is 12.6. The molecular formula is C13H16ClFN4. The number of hydrogen-bond acceptors (Lipinski definition) is 3. The number of hydrazine groups is 1. The van der Waals surface area contributed by atoms with Crippen LogP contribution < -0.4 is 11.3 Å². The second-order valence-corrected chi connectivity index (χ2v) is 4.82. The summed E-state index contributed by atoms with van der Waals surface area (Å²) in [7, 11) is 1.86. The summed E-state index contributed by atoms with van der Waals surface area (Å²) in [5, 5.41) is 4.48. The van der Waals surface area contributed by atoms with Crippen molar-refractivity contribution in [3.05, 3.63) is 52.6 Å². The maximum absolute atomic E-state index is 13.8. The summed E-state index contributed by atoms with van der Waals surface area (Å²) in [6, 6.07) is 4.30. The summed E-state index contributed by atoms with van der Waals surface area (Å²) in [6.07, 6.45) is 5.10. The lowest BCUT2D eigenvalue weighted by molar-refractivity contribution is 0.485. The largest absolute Gasteiger partial charge is 0.276 e.